The lowest BCUT2D eigenvalue weighted by atomic mass is 10.1. The summed E-state index contributed by atoms with van der Waals surface area (Å²) in [5.74, 6) is -0.204. The van der Waals surface area contributed by atoms with Crippen molar-refractivity contribution in [3.63, 3.8) is 0 Å². The van der Waals surface area contributed by atoms with Gasteiger partial charge in [-0.25, -0.2) is 0 Å². The molecule has 0 aliphatic carbocycles. The fourth-order valence-corrected chi connectivity index (χ4v) is 1.61. The Morgan fingerprint density at radius 2 is 2.07 bits per heavy atom. The Balaban J connectivity index is 2.38. The molecule has 0 aromatic carbocycles. The first-order valence-corrected chi connectivity index (χ1v) is 4.91. The lowest BCUT2D eigenvalue weighted by molar-refractivity contribution is -0.143. The predicted octanol–water partition coefficient (Wildman–Crippen LogP) is 0.705. The van der Waals surface area contributed by atoms with Gasteiger partial charge in [-0.05, 0) is 20.8 Å². The molecule has 2 atom stereocenters. The van der Waals surface area contributed by atoms with E-state index in [1.54, 1.807) is 0 Å². The molecule has 4 heteroatoms. The zero-order valence-electron chi connectivity index (χ0n) is 9.29. The molecule has 0 amide bonds. The number of hydrogen-bond acceptors (Lipinski definition) is 4. The largest absolute Gasteiger partial charge is 0.468 e. The molecule has 4 nitrogen and oxygen atoms in total. The van der Waals surface area contributed by atoms with Crippen LogP contribution in [0.2, 0.25) is 0 Å². The van der Waals surface area contributed by atoms with E-state index in [1.165, 1.54) is 7.11 Å². The molecule has 0 saturated carbocycles. The first-order chi connectivity index (χ1) is 6.42. The van der Waals surface area contributed by atoms with Gasteiger partial charge >= 0.3 is 5.97 Å². The van der Waals surface area contributed by atoms with Crippen molar-refractivity contribution in [2.75, 3.05) is 13.7 Å². The van der Waals surface area contributed by atoms with E-state index in [4.69, 9.17) is 4.74 Å². The molecule has 0 aromatic heterocycles. The minimum absolute atomic E-state index is 0.110. The van der Waals surface area contributed by atoms with Crippen LogP contribution in [0.1, 0.15) is 27.2 Å². The van der Waals surface area contributed by atoms with Gasteiger partial charge in [-0.2, -0.15) is 0 Å². The van der Waals surface area contributed by atoms with Crippen LogP contribution in [0, 0.1) is 0 Å². The number of hydrogen-bond donors (Lipinski definition) is 1. The van der Waals surface area contributed by atoms with Gasteiger partial charge in [0.1, 0.15) is 6.04 Å². The molecule has 1 N–H and O–H groups in total. The quantitative estimate of drug-likeness (QED) is 0.668. The van der Waals surface area contributed by atoms with Crippen molar-refractivity contribution in [3.05, 3.63) is 0 Å². The highest BCUT2D eigenvalue weighted by Crippen LogP contribution is 2.18. The highest BCUT2D eigenvalue weighted by Gasteiger charge is 2.32. The molecular formula is C10H19NO3. The van der Waals surface area contributed by atoms with Crippen molar-refractivity contribution in [1.82, 2.24) is 5.32 Å². The van der Waals surface area contributed by atoms with E-state index in [2.05, 4.69) is 10.1 Å². The Labute approximate surface area is 85.0 Å². The maximum absolute atomic E-state index is 11.2. The molecule has 0 spiro atoms. The minimum atomic E-state index is -0.204. The number of ether oxygens (including phenoxy) is 2. The summed E-state index contributed by atoms with van der Waals surface area (Å²) in [6, 6.07) is -0.202. The second kappa shape index (κ2) is 4.28. The number of methoxy groups -OCH3 is 1. The number of esters is 1. The van der Waals surface area contributed by atoms with Crippen LogP contribution in [0.4, 0.5) is 0 Å². The lowest BCUT2D eigenvalue weighted by Crippen LogP contribution is -2.31. The number of nitrogens with one attached hydrogen (secondary N) is 1. The molecule has 82 valence electrons. The standard InChI is InChI=1S/C10H19NO3/c1-10(2,3)14-7-5-8(11-6-7)9(12)13-4/h7-8,11H,5-6H2,1-4H3/t7-,8+/m1/s1. The van der Waals surface area contributed by atoms with E-state index < -0.39 is 0 Å². The van der Waals surface area contributed by atoms with Crippen molar-refractivity contribution in [3.8, 4) is 0 Å². The van der Waals surface area contributed by atoms with E-state index in [0.29, 0.717) is 6.42 Å². The highest BCUT2D eigenvalue weighted by atomic mass is 16.5. The number of carbonyl (C=O) groups excluding carboxylic acids is 1. The molecule has 1 rings (SSSR count). The molecular weight excluding hydrogens is 182 g/mol. The summed E-state index contributed by atoms with van der Waals surface area (Å²) < 4.78 is 10.4. The van der Waals surface area contributed by atoms with E-state index >= 15 is 0 Å². The summed E-state index contributed by atoms with van der Waals surface area (Å²) in [5, 5.41) is 3.08. The smallest absolute Gasteiger partial charge is 0.322 e. The summed E-state index contributed by atoms with van der Waals surface area (Å²) >= 11 is 0. The van der Waals surface area contributed by atoms with Crippen molar-refractivity contribution >= 4 is 5.97 Å². The summed E-state index contributed by atoms with van der Waals surface area (Å²) in [4.78, 5) is 11.2. The molecule has 0 bridgehead atoms. The van der Waals surface area contributed by atoms with Gasteiger partial charge in [0.2, 0.25) is 0 Å². The van der Waals surface area contributed by atoms with Crippen LogP contribution in [0.25, 0.3) is 0 Å². The van der Waals surface area contributed by atoms with Crippen LogP contribution < -0.4 is 5.32 Å². The topological polar surface area (TPSA) is 47.6 Å². The molecule has 14 heavy (non-hydrogen) atoms. The van der Waals surface area contributed by atoms with Crippen molar-refractivity contribution < 1.29 is 14.3 Å². The first kappa shape index (κ1) is 11.5. The summed E-state index contributed by atoms with van der Waals surface area (Å²) in [6.07, 6.45) is 0.809. The van der Waals surface area contributed by atoms with Crippen LogP contribution in [-0.2, 0) is 14.3 Å². The third-order valence-corrected chi connectivity index (χ3v) is 2.10. The molecule has 0 radical (unpaired) electrons. The molecule has 1 aliphatic heterocycles. The Morgan fingerprint density at radius 3 is 2.57 bits per heavy atom. The van der Waals surface area contributed by atoms with Crippen LogP contribution in [-0.4, -0.2) is 37.4 Å². The summed E-state index contributed by atoms with van der Waals surface area (Å²) in [5.41, 5.74) is -0.155. The van der Waals surface area contributed by atoms with Gasteiger partial charge in [0.25, 0.3) is 0 Å². The number of carbonyl (C=O) groups is 1. The molecule has 1 aliphatic rings. The fraction of sp³-hybridized carbons (Fsp3) is 0.900. The first-order valence-electron chi connectivity index (χ1n) is 4.91. The van der Waals surface area contributed by atoms with Crippen molar-refractivity contribution in [1.29, 1.82) is 0 Å². The number of rotatable bonds is 2. The third kappa shape index (κ3) is 3.27. The zero-order valence-corrected chi connectivity index (χ0v) is 9.29. The van der Waals surface area contributed by atoms with E-state index in [-0.39, 0.29) is 23.7 Å². The van der Waals surface area contributed by atoms with Crippen molar-refractivity contribution in [2.45, 2.75) is 44.9 Å². The van der Waals surface area contributed by atoms with Gasteiger partial charge < -0.3 is 14.8 Å². The van der Waals surface area contributed by atoms with E-state index in [0.717, 1.165) is 6.54 Å². The minimum Gasteiger partial charge on any atom is -0.468 e. The van der Waals surface area contributed by atoms with Crippen LogP contribution in [0.15, 0.2) is 0 Å². The lowest BCUT2D eigenvalue weighted by Gasteiger charge is -2.24. The molecule has 0 unspecified atom stereocenters. The second-order valence-corrected chi connectivity index (χ2v) is 4.57. The molecule has 0 aromatic rings. The maximum atomic E-state index is 11.2. The third-order valence-electron chi connectivity index (χ3n) is 2.10. The Hall–Kier alpha value is -0.610. The van der Waals surface area contributed by atoms with E-state index in [1.807, 2.05) is 20.8 Å². The van der Waals surface area contributed by atoms with Crippen LogP contribution in [0.5, 0.6) is 0 Å². The van der Waals surface area contributed by atoms with Gasteiger partial charge in [0, 0.05) is 13.0 Å². The molecule has 1 fully saturated rings. The van der Waals surface area contributed by atoms with Crippen LogP contribution in [0.3, 0.4) is 0 Å². The molecule has 1 saturated heterocycles. The Morgan fingerprint density at radius 1 is 1.43 bits per heavy atom. The van der Waals surface area contributed by atoms with Gasteiger partial charge in [-0.1, -0.05) is 0 Å². The average molecular weight is 201 g/mol. The SMILES string of the molecule is COC(=O)[C@@H]1C[C@@H](OC(C)(C)C)CN1. The van der Waals surface area contributed by atoms with Crippen LogP contribution >= 0.6 is 0 Å². The maximum Gasteiger partial charge on any atom is 0.322 e. The fourth-order valence-electron chi connectivity index (χ4n) is 1.61. The Kier molecular flexibility index (Phi) is 3.50. The summed E-state index contributed by atoms with van der Waals surface area (Å²) in [6.45, 7) is 6.76. The predicted molar refractivity (Wildman–Crippen MR) is 53.0 cm³/mol. The highest BCUT2D eigenvalue weighted by molar-refractivity contribution is 5.76. The van der Waals surface area contributed by atoms with Gasteiger partial charge in [0.15, 0.2) is 0 Å². The second-order valence-electron chi connectivity index (χ2n) is 4.57. The van der Waals surface area contributed by atoms with Crippen molar-refractivity contribution in [2.24, 2.45) is 0 Å². The van der Waals surface area contributed by atoms with E-state index in [9.17, 15) is 4.79 Å². The summed E-state index contributed by atoms with van der Waals surface area (Å²) in [7, 11) is 1.40. The normalized spacial score (nSPS) is 27.7. The average Bonchev–Trinajstić information content (AvgIpc) is 2.48. The van der Waals surface area contributed by atoms with Gasteiger partial charge in [-0.3, -0.25) is 4.79 Å². The zero-order chi connectivity index (χ0) is 10.8. The van der Waals surface area contributed by atoms with Gasteiger partial charge in [0.05, 0.1) is 18.8 Å². The Bertz CT molecular complexity index is 210. The molecule has 1 heterocycles. The van der Waals surface area contributed by atoms with Gasteiger partial charge in [-0.15, -0.1) is 0 Å². The monoisotopic (exact) mass is 201 g/mol.